The highest BCUT2D eigenvalue weighted by Crippen LogP contribution is 2.28. The van der Waals surface area contributed by atoms with E-state index in [0.29, 0.717) is 13.2 Å². The Bertz CT molecular complexity index is 418. The van der Waals surface area contributed by atoms with Crippen molar-refractivity contribution >= 4 is 22.4 Å². The van der Waals surface area contributed by atoms with E-state index in [2.05, 4.69) is 10.3 Å². The van der Waals surface area contributed by atoms with Gasteiger partial charge in [0.2, 0.25) is 0 Å². The minimum atomic E-state index is -0.723. The zero-order valence-electron chi connectivity index (χ0n) is 12.1. The van der Waals surface area contributed by atoms with Gasteiger partial charge in [-0.05, 0) is 27.7 Å². The molecule has 0 radical (unpaired) electrons. The molecule has 0 fully saturated rings. The van der Waals surface area contributed by atoms with Crippen LogP contribution in [0.4, 0.5) is 5.13 Å². The molecule has 1 atom stereocenters. The summed E-state index contributed by atoms with van der Waals surface area (Å²) in [6.45, 7) is 8.48. The molecule has 0 saturated heterocycles. The molecular formula is C13H22N2O3S. The van der Waals surface area contributed by atoms with E-state index in [1.165, 1.54) is 11.3 Å². The molecule has 1 rings (SSSR count). The smallest absolute Gasteiger partial charge is 0.317 e. The third-order valence-corrected chi connectivity index (χ3v) is 3.67. The predicted molar refractivity (Wildman–Crippen MR) is 76.7 cm³/mol. The fourth-order valence-electron chi connectivity index (χ4n) is 1.37. The Labute approximate surface area is 118 Å². The molecule has 1 heterocycles. The molecule has 0 saturated carbocycles. The van der Waals surface area contributed by atoms with Crippen LogP contribution >= 0.6 is 11.3 Å². The summed E-state index contributed by atoms with van der Waals surface area (Å²) < 4.78 is 10.2. The topological polar surface area (TPSA) is 60.5 Å². The van der Waals surface area contributed by atoms with Crippen LogP contribution in [-0.4, -0.2) is 37.3 Å². The van der Waals surface area contributed by atoms with Gasteiger partial charge in [0.05, 0.1) is 18.4 Å². The minimum Gasteiger partial charge on any atom is -0.465 e. The highest BCUT2D eigenvalue weighted by Gasteiger charge is 2.33. The molecule has 0 spiro atoms. The molecule has 0 amide bonds. The van der Waals surface area contributed by atoms with E-state index in [9.17, 15) is 4.79 Å². The van der Waals surface area contributed by atoms with Crippen molar-refractivity contribution in [2.45, 2.75) is 39.2 Å². The maximum atomic E-state index is 11.9. The van der Waals surface area contributed by atoms with Gasteiger partial charge >= 0.3 is 5.97 Å². The number of hydrogen-bond donors (Lipinski definition) is 1. The molecule has 5 nitrogen and oxygen atoms in total. The zero-order valence-corrected chi connectivity index (χ0v) is 13.0. The molecule has 0 aromatic carbocycles. The summed E-state index contributed by atoms with van der Waals surface area (Å²) in [6.07, 6.45) is 0.116. The van der Waals surface area contributed by atoms with Crippen molar-refractivity contribution < 1.29 is 14.3 Å². The monoisotopic (exact) mass is 286 g/mol. The van der Waals surface area contributed by atoms with E-state index < -0.39 is 5.41 Å². The molecule has 0 aliphatic carbocycles. The molecule has 19 heavy (non-hydrogen) atoms. The third-order valence-electron chi connectivity index (χ3n) is 2.87. The number of nitrogens with zero attached hydrogens (tertiary/aromatic N) is 1. The first-order chi connectivity index (χ1) is 8.91. The van der Waals surface area contributed by atoms with E-state index in [1.807, 2.05) is 26.2 Å². The molecule has 1 aromatic heterocycles. The number of hydrogen-bond acceptors (Lipinski definition) is 6. The van der Waals surface area contributed by atoms with Gasteiger partial charge in [0.15, 0.2) is 5.13 Å². The second kappa shape index (κ2) is 6.86. The lowest BCUT2D eigenvalue weighted by molar-refractivity contribution is -0.148. The number of carbonyl (C=O) groups excluding carboxylic acids is 1. The molecule has 1 N–H and O–H groups in total. The summed E-state index contributed by atoms with van der Waals surface area (Å²) in [6, 6.07) is 0. The van der Waals surface area contributed by atoms with E-state index in [1.54, 1.807) is 14.0 Å². The fraction of sp³-hybridized carbons (Fsp3) is 0.692. The lowest BCUT2D eigenvalue weighted by Gasteiger charge is -2.19. The normalized spacial score (nSPS) is 13.1. The Morgan fingerprint density at radius 3 is 2.84 bits per heavy atom. The van der Waals surface area contributed by atoms with E-state index in [-0.39, 0.29) is 12.1 Å². The first kappa shape index (κ1) is 15.9. The summed E-state index contributed by atoms with van der Waals surface area (Å²) in [5.41, 5.74) is 0.00258. The largest absolute Gasteiger partial charge is 0.465 e. The van der Waals surface area contributed by atoms with Crippen molar-refractivity contribution in [1.29, 1.82) is 0 Å². The molecule has 1 aromatic rings. The molecular weight excluding hydrogens is 264 g/mol. The minimum absolute atomic E-state index is 0.116. The maximum Gasteiger partial charge on any atom is 0.317 e. The van der Waals surface area contributed by atoms with Crippen LogP contribution in [0.15, 0.2) is 5.38 Å². The van der Waals surface area contributed by atoms with Crippen molar-refractivity contribution in [3.05, 3.63) is 11.1 Å². The summed E-state index contributed by atoms with van der Waals surface area (Å²) in [5, 5.41) is 5.86. The van der Waals surface area contributed by atoms with Crippen molar-refractivity contribution in [1.82, 2.24) is 4.98 Å². The van der Waals surface area contributed by atoms with Crippen molar-refractivity contribution in [3.63, 3.8) is 0 Å². The van der Waals surface area contributed by atoms with E-state index in [0.717, 1.165) is 10.8 Å². The van der Waals surface area contributed by atoms with Crippen LogP contribution in [0.2, 0.25) is 0 Å². The Morgan fingerprint density at radius 2 is 2.26 bits per heavy atom. The van der Waals surface area contributed by atoms with Crippen LogP contribution in [0.25, 0.3) is 0 Å². The molecule has 0 aliphatic rings. The number of ether oxygens (including phenoxy) is 2. The Kier molecular flexibility index (Phi) is 5.75. The molecule has 108 valence electrons. The zero-order chi connectivity index (χ0) is 14.5. The van der Waals surface area contributed by atoms with Gasteiger partial charge in [-0.2, -0.15) is 0 Å². The van der Waals surface area contributed by atoms with Crippen LogP contribution in [-0.2, 0) is 19.7 Å². The fourth-order valence-corrected chi connectivity index (χ4v) is 2.26. The maximum absolute atomic E-state index is 11.9. The van der Waals surface area contributed by atoms with Crippen LogP contribution in [0.3, 0.4) is 0 Å². The summed E-state index contributed by atoms with van der Waals surface area (Å²) >= 11 is 1.48. The average molecular weight is 286 g/mol. The number of thiazole rings is 1. The lowest BCUT2D eigenvalue weighted by Crippen LogP contribution is -2.31. The quantitative estimate of drug-likeness (QED) is 0.780. The van der Waals surface area contributed by atoms with Gasteiger partial charge in [0.1, 0.15) is 5.41 Å². The second-order valence-electron chi connectivity index (χ2n) is 4.81. The van der Waals surface area contributed by atoms with E-state index >= 15 is 0 Å². The highest BCUT2D eigenvalue weighted by atomic mass is 32.1. The Hall–Kier alpha value is -1.14. The highest BCUT2D eigenvalue weighted by molar-refractivity contribution is 7.13. The average Bonchev–Trinajstić information content (AvgIpc) is 2.85. The number of nitrogens with one attached hydrogen (secondary N) is 1. The predicted octanol–water partition coefficient (Wildman–Crippen LogP) is 2.43. The number of rotatable bonds is 7. The number of anilines is 1. The van der Waals surface area contributed by atoms with Gasteiger partial charge < -0.3 is 14.8 Å². The molecule has 0 bridgehead atoms. The summed E-state index contributed by atoms with van der Waals surface area (Å²) in [5.74, 6) is -0.253. The van der Waals surface area contributed by atoms with Gasteiger partial charge in [-0.3, -0.25) is 4.79 Å². The summed E-state index contributed by atoms with van der Waals surface area (Å²) in [7, 11) is 1.67. The van der Waals surface area contributed by atoms with Gasteiger partial charge in [0, 0.05) is 19.0 Å². The Balaban J connectivity index is 2.70. The standard InChI is InChI=1S/C13H22N2O3S/c1-6-18-11(16)13(3,4)10-8-19-12(15-10)14-7-9(2)17-5/h8-9H,6-7H2,1-5H3,(H,14,15). The first-order valence-electron chi connectivity index (χ1n) is 6.31. The number of aromatic nitrogens is 1. The van der Waals surface area contributed by atoms with Gasteiger partial charge in [-0.25, -0.2) is 4.98 Å². The van der Waals surface area contributed by atoms with Gasteiger partial charge in [-0.1, -0.05) is 0 Å². The number of methoxy groups -OCH3 is 1. The first-order valence-corrected chi connectivity index (χ1v) is 7.19. The van der Waals surface area contributed by atoms with Gasteiger partial charge in [0.25, 0.3) is 0 Å². The van der Waals surface area contributed by atoms with Crippen LogP contribution < -0.4 is 5.32 Å². The lowest BCUT2D eigenvalue weighted by atomic mass is 9.90. The van der Waals surface area contributed by atoms with Crippen LogP contribution in [0, 0.1) is 0 Å². The molecule has 0 aliphatic heterocycles. The SMILES string of the molecule is CCOC(=O)C(C)(C)c1csc(NCC(C)OC)n1. The van der Waals surface area contributed by atoms with Crippen molar-refractivity contribution in [2.24, 2.45) is 0 Å². The van der Waals surface area contributed by atoms with Crippen molar-refractivity contribution in [2.75, 3.05) is 25.6 Å². The number of carbonyl (C=O) groups is 1. The van der Waals surface area contributed by atoms with Crippen molar-refractivity contribution in [3.8, 4) is 0 Å². The summed E-state index contributed by atoms with van der Waals surface area (Å²) in [4.78, 5) is 16.3. The van der Waals surface area contributed by atoms with Crippen LogP contribution in [0.1, 0.15) is 33.4 Å². The van der Waals surface area contributed by atoms with E-state index in [4.69, 9.17) is 9.47 Å². The molecule has 6 heteroatoms. The third kappa shape index (κ3) is 4.18. The second-order valence-corrected chi connectivity index (χ2v) is 5.67. The number of esters is 1. The van der Waals surface area contributed by atoms with Crippen LogP contribution in [0.5, 0.6) is 0 Å². The van der Waals surface area contributed by atoms with Gasteiger partial charge in [-0.15, -0.1) is 11.3 Å². The molecule has 1 unspecified atom stereocenters. The Morgan fingerprint density at radius 1 is 1.58 bits per heavy atom.